The zero-order chi connectivity index (χ0) is 44.6. The number of nitrogens with zero attached hydrogens (tertiary/aromatic N) is 8. The summed E-state index contributed by atoms with van der Waals surface area (Å²) in [6, 6.07) is -2.21. The van der Waals surface area contributed by atoms with Gasteiger partial charge >= 0.3 is 23.1 Å². The summed E-state index contributed by atoms with van der Waals surface area (Å²) in [5.41, 5.74) is 3.56. The van der Waals surface area contributed by atoms with Crippen LogP contribution in [0, 0.1) is 0 Å². The molecule has 7 rings (SSSR count). The molecule has 0 aliphatic carbocycles. The smallest absolute Gasteiger partial charge is 0.352 e. The summed E-state index contributed by atoms with van der Waals surface area (Å²) < 4.78 is 1.22. The van der Waals surface area contributed by atoms with Gasteiger partial charge in [-0.05, 0) is 11.1 Å². The van der Waals surface area contributed by atoms with E-state index < -0.39 is 69.5 Å². The van der Waals surface area contributed by atoms with Crippen LogP contribution in [-0.2, 0) is 45.5 Å². The van der Waals surface area contributed by atoms with Crippen LogP contribution in [0.1, 0.15) is 11.4 Å². The van der Waals surface area contributed by atoms with E-state index in [1.54, 1.807) is 0 Å². The fourth-order valence-electron chi connectivity index (χ4n) is 6.41. The molecule has 25 nitrogen and oxygen atoms in total. The molecule has 4 aliphatic heterocycles. The maximum atomic E-state index is 13.5. The fraction of sp³-hybridized carbons (Fsp3) is 0.344. The molecule has 4 aliphatic rings. The van der Waals surface area contributed by atoms with Crippen LogP contribution >= 0.6 is 58.0 Å². The van der Waals surface area contributed by atoms with Gasteiger partial charge in [0.15, 0.2) is 26.8 Å². The Hall–Kier alpha value is -6.24. The molecule has 0 saturated carbocycles. The Morgan fingerprint density at radius 2 is 1.39 bits per heavy atom. The van der Waals surface area contributed by atoms with Crippen LogP contribution in [0.3, 0.4) is 0 Å². The number of fused-ring (bicyclic) bond motifs is 2. The first kappa shape index (κ1) is 43.8. The molecule has 0 aromatic carbocycles. The minimum atomic E-state index is -1.37. The Morgan fingerprint density at radius 1 is 0.855 bits per heavy atom. The molecule has 62 heavy (non-hydrogen) atoms. The number of rotatable bonds is 16. The lowest BCUT2D eigenvalue weighted by atomic mass is 10.0. The SMILES string of the molecule is CO/N=C(/C(=O)N[C@@H]1C(=O)N2C(C(=O)O)=C(CNc3nc(/C(=N\OC)C(=O)N[C@@H]4C(=O)N5C(C(=O)O)=C(CSc6nc(=O)c(=O)[nH]n6C)CS[C@H]45)cs3)CS[C@H]12)c1csc(N)n1. The number of carbonyl (C=O) groups is 6. The lowest BCUT2D eigenvalue weighted by molar-refractivity contribution is -0.150. The van der Waals surface area contributed by atoms with Crippen molar-refractivity contribution in [3.05, 3.63) is 65.4 Å². The van der Waals surface area contributed by atoms with Gasteiger partial charge in [-0.3, -0.25) is 48.3 Å². The molecule has 0 radical (unpaired) electrons. The first-order chi connectivity index (χ1) is 29.6. The molecule has 4 atom stereocenters. The van der Waals surface area contributed by atoms with Crippen molar-refractivity contribution < 1.29 is 48.7 Å². The predicted molar refractivity (Wildman–Crippen MR) is 224 cm³/mol. The number of thioether (sulfide) groups is 3. The van der Waals surface area contributed by atoms with E-state index in [-0.39, 0.29) is 73.4 Å². The zero-order valence-corrected chi connectivity index (χ0v) is 36.0. The second-order valence-electron chi connectivity index (χ2n) is 12.9. The van der Waals surface area contributed by atoms with Crippen LogP contribution in [0.4, 0.5) is 10.3 Å². The minimum absolute atomic E-state index is 0.0300. The van der Waals surface area contributed by atoms with Crippen molar-refractivity contribution in [2.45, 2.75) is 28.0 Å². The second-order valence-corrected chi connectivity index (χ2v) is 17.8. The summed E-state index contributed by atoms with van der Waals surface area (Å²) in [6.07, 6.45) is 0. The standard InChI is InChI=1S/C32H31N13O12S5/c1-43-32(39-22(48)23(49)40-43)62-7-11-6-59-27-17(25(51)45(27)19(11)29(54)55)38-21(47)15(42-57-3)13-9-61-31(36-13)34-4-10-5-58-26-16(24(50)44(26)18(10)28(52)53)37-20(46)14(41-56-2)12-8-60-30(33)35-12/h8-9,16-17,26-27H,4-7H2,1-3H3,(H2,33,35)(H,34,36)(H,37,46)(H,38,47)(H,40,49)(H,52,53)(H,54,55)/b41-14+,42-15+/t16-,17-,26-,27-/m1/s1. The minimum Gasteiger partial charge on any atom is -0.477 e. The van der Waals surface area contributed by atoms with Crippen LogP contribution in [0.25, 0.3) is 0 Å². The second kappa shape index (κ2) is 18.0. The molecule has 3 aromatic heterocycles. The number of aryl methyl sites for hydroxylation is 1. The van der Waals surface area contributed by atoms with E-state index >= 15 is 0 Å². The van der Waals surface area contributed by atoms with Gasteiger partial charge in [-0.25, -0.2) is 19.6 Å². The number of anilines is 2. The number of nitrogen functional groups attached to an aromatic ring is 1. The zero-order valence-electron chi connectivity index (χ0n) is 32.0. The van der Waals surface area contributed by atoms with Gasteiger partial charge < -0.3 is 41.6 Å². The third-order valence-electron chi connectivity index (χ3n) is 9.16. The molecule has 3 aromatic rings. The summed E-state index contributed by atoms with van der Waals surface area (Å²) in [5, 5.41) is 40.2. The van der Waals surface area contributed by atoms with E-state index in [2.05, 4.69) is 46.3 Å². The molecule has 30 heteroatoms. The third kappa shape index (κ3) is 8.36. The van der Waals surface area contributed by atoms with E-state index in [0.29, 0.717) is 11.1 Å². The molecule has 0 bridgehead atoms. The lowest BCUT2D eigenvalue weighted by Gasteiger charge is -2.49. The quantitative estimate of drug-likeness (QED) is 0.0270. The largest absolute Gasteiger partial charge is 0.477 e. The predicted octanol–water partition coefficient (Wildman–Crippen LogP) is -1.95. The highest BCUT2D eigenvalue weighted by atomic mass is 32.2. The number of aromatic amines is 1. The van der Waals surface area contributed by atoms with Gasteiger partial charge in [0.2, 0.25) is 0 Å². The normalized spacial score (nSPS) is 21.1. The van der Waals surface area contributed by atoms with Crippen molar-refractivity contribution >= 4 is 115 Å². The Morgan fingerprint density at radius 3 is 1.92 bits per heavy atom. The fourth-order valence-corrected chi connectivity index (χ4v) is 11.4. The molecular weight excluding hydrogens is 919 g/mol. The summed E-state index contributed by atoms with van der Waals surface area (Å²) >= 11 is 5.55. The Kier molecular flexibility index (Phi) is 12.7. The number of H-pyrrole nitrogens is 1. The molecule has 4 amide bonds. The Labute approximate surface area is 367 Å². The van der Waals surface area contributed by atoms with E-state index in [1.165, 1.54) is 60.2 Å². The van der Waals surface area contributed by atoms with Crippen LogP contribution in [0.2, 0.25) is 0 Å². The Bertz CT molecular complexity index is 2650. The molecule has 0 unspecified atom stereocenters. The summed E-state index contributed by atoms with van der Waals surface area (Å²) in [4.78, 5) is 125. The van der Waals surface area contributed by atoms with Gasteiger partial charge in [-0.15, -0.1) is 46.2 Å². The molecule has 7 heterocycles. The number of carboxylic acids is 2. The molecule has 2 fully saturated rings. The highest BCUT2D eigenvalue weighted by Gasteiger charge is 2.56. The number of thiazole rings is 2. The summed E-state index contributed by atoms with van der Waals surface area (Å²) in [6.45, 7) is -0.0707. The van der Waals surface area contributed by atoms with E-state index in [9.17, 15) is 48.6 Å². The number of oxime groups is 2. The average molecular weight is 950 g/mol. The topological polar surface area (TPSA) is 348 Å². The number of aromatic nitrogens is 5. The number of aliphatic carboxylic acids is 2. The van der Waals surface area contributed by atoms with Crippen LogP contribution < -0.4 is 32.8 Å². The van der Waals surface area contributed by atoms with Gasteiger partial charge in [-0.1, -0.05) is 22.1 Å². The molecule has 8 N–H and O–H groups in total. The number of nitrogens with one attached hydrogen (secondary N) is 4. The van der Waals surface area contributed by atoms with Gasteiger partial charge in [-0.2, -0.15) is 4.98 Å². The Balaban J connectivity index is 0.982. The maximum absolute atomic E-state index is 13.5. The highest BCUT2D eigenvalue weighted by molar-refractivity contribution is 8.01. The summed E-state index contributed by atoms with van der Waals surface area (Å²) in [7, 11) is 3.89. The van der Waals surface area contributed by atoms with Gasteiger partial charge in [0.05, 0.1) is 0 Å². The molecular formula is C32H31N13O12S5. The van der Waals surface area contributed by atoms with E-state index in [1.807, 2.05) is 0 Å². The van der Waals surface area contributed by atoms with Crippen molar-refractivity contribution in [2.24, 2.45) is 17.4 Å². The van der Waals surface area contributed by atoms with Crippen molar-refractivity contribution in [2.75, 3.05) is 49.1 Å². The van der Waals surface area contributed by atoms with E-state index in [4.69, 9.17) is 15.4 Å². The van der Waals surface area contributed by atoms with Crippen molar-refractivity contribution in [3.63, 3.8) is 0 Å². The number of carbonyl (C=O) groups excluding carboxylic acids is 4. The van der Waals surface area contributed by atoms with Gasteiger partial charge in [0.25, 0.3) is 23.6 Å². The number of hydrogen-bond donors (Lipinski definition) is 7. The van der Waals surface area contributed by atoms with Crippen molar-refractivity contribution in [3.8, 4) is 0 Å². The number of amides is 4. The van der Waals surface area contributed by atoms with Gasteiger partial charge in [0, 0.05) is 41.6 Å². The molecule has 2 saturated heterocycles. The highest BCUT2D eigenvalue weighted by Crippen LogP contribution is 2.42. The molecule has 0 spiro atoms. The van der Waals surface area contributed by atoms with Crippen molar-refractivity contribution in [1.29, 1.82) is 0 Å². The number of β-lactam (4-membered cyclic amide) rings is 2. The average Bonchev–Trinajstić information content (AvgIpc) is 3.90. The first-order valence-electron chi connectivity index (χ1n) is 17.5. The van der Waals surface area contributed by atoms with E-state index in [0.717, 1.165) is 44.2 Å². The number of carboxylic acid groups (broad SMARTS) is 2. The molecule has 326 valence electrons. The van der Waals surface area contributed by atoms with Crippen LogP contribution in [0.5, 0.6) is 0 Å². The third-order valence-corrected chi connectivity index (χ3v) is 14.4. The summed E-state index contributed by atoms with van der Waals surface area (Å²) in [5.74, 6) is -5.38. The monoisotopic (exact) mass is 949 g/mol. The van der Waals surface area contributed by atoms with Crippen molar-refractivity contribution in [1.82, 2.24) is 45.2 Å². The van der Waals surface area contributed by atoms with Crippen LogP contribution in [0.15, 0.2) is 58.4 Å². The number of nitrogens with two attached hydrogens (primary N) is 1. The number of hydrogen-bond acceptors (Lipinski definition) is 22. The maximum Gasteiger partial charge on any atom is 0.352 e. The first-order valence-corrected chi connectivity index (χ1v) is 22.3. The van der Waals surface area contributed by atoms with Crippen LogP contribution in [-0.4, -0.2) is 153 Å². The lowest BCUT2D eigenvalue weighted by Crippen LogP contribution is -2.71. The van der Waals surface area contributed by atoms with Gasteiger partial charge in [0.1, 0.15) is 59.8 Å².